The fourth-order valence-corrected chi connectivity index (χ4v) is 5.75. The van der Waals surface area contributed by atoms with Gasteiger partial charge in [-0.2, -0.15) is 12.8 Å². The zero-order valence-corrected chi connectivity index (χ0v) is 20.2. The van der Waals surface area contributed by atoms with Crippen LogP contribution in [0.3, 0.4) is 0 Å². The Hall–Kier alpha value is -3.46. The van der Waals surface area contributed by atoms with Crippen molar-refractivity contribution in [1.82, 2.24) is 9.62 Å². The van der Waals surface area contributed by atoms with E-state index in [0.717, 1.165) is 19.2 Å². The maximum atomic E-state index is 13.3. The van der Waals surface area contributed by atoms with Crippen LogP contribution in [0.1, 0.15) is 5.56 Å². The minimum atomic E-state index is -4.71. The Bertz CT molecular complexity index is 1550. The number of benzene rings is 2. The van der Waals surface area contributed by atoms with Crippen LogP contribution in [-0.2, 0) is 20.0 Å². The molecule has 3 rings (SSSR count). The summed E-state index contributed by atoms with van der Waals surface area (Å²) < 4.78 is 63.8. The SMILES string of the molecule is CNS(=O)(=O)c1ccccc1S(=O)(=O)N(N)c1c(C)c2ccc(OC(=O)N(C)C)cc2oc1=O. The molecule has 1 amide bonds. The average molecular weight is 511 g/mol. The van der Waals surface area contributed by atoms with Crippen molar-refractivity contribution in [1.29, 1.82) is 0 Å². The Balaban J connectivity index is 2.14. The first-order valence-electron chi connectivity index (χ1n) is 9.60. The van der Waals surface area contributed by atoms with E-state index in [9.17, 15) is 26.4 Å². The molecular weight excluding hydrogens is 488 g/mol. The normalized spacial score (nSPS) is 11.9. The van der Waals surface area contributed by atoms with Crippen molar-refractivity contribution < 1.29 is 30.8 Å². The summed E-state index contributed by atoms with van der Waals surface area (Å²) in [6, 6.07) is 9.03. The van der Waals surface area contributed by atoms with Crippen molar-refractivity contribution in [2.45, 2.75) is 16.7 Å². The molecule has 0 fully saturated rings. The monoisotopic (exact) mass is 510 g/mol. The van der Waals surface area contributed by atoms with E-state index >= 15 is 0 Å². The van der Waals surface area contributed by atoms with Gasteiger partial charge in [0.15, 0.2) is 5.69 Å². The Labute approximate surface area is 195 Å². The molecule has 12 nitrogen and oxygen atoms in total. The summed E-state index contributed by atoms with van der Waals surface area (Å²) in [6.07, 6.45) is -0.649. The van der Waals surface area contributed by atoms with Gasteiger partial charge in [0.05, 0.1) is 0 Å². The van der Waals surface area contributed by atoms with Gasteiger partial charge in [0.25, 0.3) is 10.0 Å². The number of carbonyl (C=O) groups is 1. The molecule has 34 heavy (non-hydrogen) atoms. The van der Waals surface area contributed by atoms with E-state index in [-0.39, 0.29) is 21.3 Å². The molecule has 182 valence electrons. The van der Waals surface area contributed by atoms with Gasteiger partial charge in [0, 0.05) is 25.5 Å². The molecule has 0 unspecified atom stereocenters. The quantitative estimate of drug-likeness (QED) is 0.280. The van der Waals surface area contributed by atoms with Crippen molar-refractivity contribution in [3.63, 3.8) is 0 Å². The highest BCUT2D eigenvalue weighted by Gasteiger charge is 2.32. The van der Waals surface area contributed by atoms with Crippen molar-refractivity contribution in [3.05, 3.63) is 58.4 Å². The zero-order valence-electron chi connectivity index (χ0n) is 18.6. The number of aryl methyl sites for hydroxylation is 1. The summed E-state index contributed by atoms with van der Waals surface area (Å²) in [6.45, 7) is 1.45. The van der Waals surface area contributed by atoms with E-state index in [2.05, 4.69) is 4.72 Å². The standard InChI is InChI=1S/C20H22N4O8S2/c1-12-14-10-9-13(31-20(26)23(3)4)11-15(14)32-19(25)18(12)24(21)34(29,30)17-8-6-5-7-16(17)33(27,28)22-2/h5-11,22H,21H2,1-4H3. The largest absolute Gasteiger partial charge is 0.421 e. The van der Waals surface area contributed by atoms with Crippen LogP contribution < -0.4 is 25.3 Å². The number of hydrogen-bond acceptors (Lipinski definition) is 9. The molecule has 0 aliphatic heterocycles. The number of nitrogens with zero attached hydrogens (tertiary/aromatic N) is 2. The Kier molecular flexibility index (Phi) is 6.71. The molecule has 0 aliphatic carbocycles. The molecule has 3 aromatic rings. The first-order valence-corrected chi connectivity index (χ1v) is 12.5. The van der Waals surface area contributed by atoms with Crippen LogP contribution in [0.5, 0.6) is 5.75 Å². The molecule has 0 spiro atoms. The number of hydrogen-bond donors (Lipinski definition) is 2. The molecular formula is C20H22N4O8S2. The zero-order chi connectivity index (χ0) is 25.4. The van der Waals surface area contributed by atoms with Crippen molar-refractivity contribution in [2.24, 2.45) is 5.84 Å². The number of amides is 1. The minimum Gasteiger partial charge on any atom is -0.421 e. The second-order valence-electron chi connectivity index (χ2n) is 7.24. The van der Waals surface area contributed by atoms with E-state index in [1.165, 1.54) is 56.3 Å². The van der Waals surface area contributed by atoms with Gasteiger partial charge in [0.2, 0.25) is 10.0 Å². The molecule has 0 saturated carbocycles. The first-order chi connectivity index (χ1) is 15.8. The molecule has 14 heteroatoms. The molecule has 0 aliphatic rings. The Morgan fingerprint density at radius 1 is 1.06 bits per heavy atom. The molecule has 1 heterocycles. The van der Waals surface area contributed by atoms with Gasteiger partial charge in [-0.3, -0.25) is 0 Å². The summed E-state index contributed by atoms with van der Waals surface area (Å²) in [7, 11) is -4.74. The lowest BCUT2D eigenvalue weighted by atomic mass is 10.1. The molecule has 0 radical (unpaired) electrons. The van der Waals surface area contributed by atoms with Gasteiger partial charge >= 0.3 is 11.7 Å². The lowest BCUT2D eigenvalue weighted by Gasteiger charge is -2.21. The second kappa shape index (κ2) is 9.06. The van der Waals surface area contributed by atoms with Crippen molar-refractivity contribution in [3.8, 4) is 5.75 Å². The third kappa shape index (κ3) is 4.48. The predicted molar refractivity (Wildman–Crippen MR) is 123 cm³/mol. The van der Waals surface area contributed by atoms with Crippen LogP contribution in [0.15, 0.2) is 61.5 Å². The number of anilines is 1. The van der Waals surface area contributed by atoms with Crippen molar-refractivity contribution in [2.75, 3.05) is 25.6 Å². The number of nitrogens with one attached hydrogen (secondary N) is 1. The third-order valence-electron chi connectivity index (χ3n) is 4.84. The van der Waals surface area contributed by atoms with E-state index in [0.29, 0.717) is 5.39 Å². The fraction of sp³-hybridized carbons (Fsp3) is 0.200. The van der Waals surface area contributed by atoms with Crippen LogP contribution >= 0.6 is 0 Å². The third-order valence-corrected chi connectivity index (χ3v) is 8.06. The Morgan fingerprint density at radius 3 is 2.26 bits per heavy atom. The van der Waals surface area contributed by atoms with Crippen LogP contribution in [0, 0.1) is 6.92 Å². The summed E-state index contributed by atoms with van der Waals surface area (Å²) >= 11 is 0. The Morgan fingerprint density at radius 2 is 1.68 bits per heavy atom. The van der Waals surface area contributed by atoms with Crippen LogP contribution in [0.25, 0.3) is 11.0 Å². The number of ether oxygens (including phenoxy) is 1. The molecule has 0 saturated heterocycles. The van der Waals surface area contributed by atoms with Gasteiger partial charge in [-0.1, -0.05) is 12.1 Å². The maximum absolute atomic E-state index is 13.3. The van der Waals surface area contributed by atoms with Gasteiger partial charge in [-0.25, -0.2) is 28.6 Å². The summed E-state index contributed by atoms with van der Waals surface area (Å²) in [5, 5.41) is 0.320. The fourth-order valence-electron chi connectivity index (χ4n) is 3.06. The highest BCUT2D eigenvalue weighted by Crippen LogP contribution is 2.31. The topological polar surface area (TPSA) is 169 Å². The minimum absolute atomic E-state index is 0.0271. The number of sulfonamides is 2. The highest BCUT2D eigenvalue weighted by molar-refractivity contribution is 7.94. The first kappa shape index (κ1) is 25.2. The van der Waals surface area contributed by atoms with Gasteiger partial charge < -0.3 is 14.1 Å². The molecule has 2 aromatic carbocycles. The number of fused-ring (bicyclic) bond motifs is 1. The summed E-state index contributed by atoms with van der Waals surface area (Å²) in [5.74, 6) is 5.98. The molecule has 0 atom stereocenters. The number of hydrazine groups is 1. The molecule has 1 aromatic heterocycles. The van der Waals surface area contributed by atoms with Gasteiger partial charge in [-0.15, -0.1) is 0 Å². The average Bonchev–Trinajstić information content (AvgIpc) is 2.78. The summed E-state index contributed by atoms with van der Waals surface area (Å²) in [4.78, 5) is 24.6. The number of nitrogens with two attached hydrogens (primary N) is 1. The second-order valence-corrected chi connectivity index (χ2v) is 10.9. The summed E-state index contributed by atoms with van der Waals surface area (Å²) in [5.41, 5.74) is -1.43. The van der Waals surface area contributed by atoms with E-state index in [4.69, 9.17) is 15.0 Å². The van der Waals surface area contributed by atoms with E-state index in [1.54, 1.807) is 0 Å². The van der Waals surface area contributed by atoms with Crippen LogP contribution in [-0.4, -0.2) is 49.0 Å². The molecule has 3 N–H and O–H groups in total. The predicted octanol–water partition coefficient (Wildman–Crippen LogP) is 1.14. The number of rotatable bonds is 6. The van der Waals surface area contributed by atoms with E-state index < -0.39 is 47.2 Å². The number of carbonyl (C=O) groups excluding carboxylic acids is 1. The highest BCUT2D eigenvalue weighted by atomic mass is 32.2. The lowest BCUT2D eigenvalue weighted by molar-refractivity contribution is 0.172. The molecule has 0 bridgehead atoms. The van der Waals surface area contributed by atoms with Crippen LogP contribution in [0.2, 0.25) is 0 Å². The van der Waals surface area contributed by atoms with Gasteiger partial charge in [0.1, 0.15) is 21.1 Å². The van der Waals surface area contributed by atoms with E-state index in [1.807, 2.05) is 0 Å². The maximum Gasteiger partial charge on any atom is 0.414 e. The van der Waals surface area contributed by atoms with Crippen molar-refractivity contribution >= 4 is 42.8 Å². The lowest BCUT2D eigenvalue weighted by Crippen LogP contribution is -2.41. The van der Waals surface area contributed by atoms with Gasteiger partial charge in [-0.05, 0) is 43.8 Å². The van der Waals surface area contributed by atoms with Crippen LogP contribution in [0.4, 0.5) is 10.5 Å². The smallest absolute Gasteiger partial charge is 0.414 e.